The van der Waals surface area contributed by atoms with Crippen LogP contribution in [0.2, 0.25) is 0 Å². The average Bonchev–Trinajstić information content (AvgIpc) is 2.31. The molecule has 0 atom stereocenters. The summed E-state index contributed by atoms with van der Waals surface area (Å²) in [6.07, 6.45) is 1.93. The molecular formula is C13H18N2O3. The van der Waals surface area contributed by atoms with Gasteiger partial charge in [-0.25, -0.2) is 9.59 Å². The molecule has 0 unspecified atom stereocenters. The van der Waals surface area contributed by atoms with Gasteiger partial charge < -0.3 is 15.7 Å². The van der Waals surface area contributed by atoms with Gasteiger partial charge in [0.2, 0.25) is 0 Å². The van der Waals surface area contributed by atoms with E-state index in [9.17, 15) is 9.59 Å². The molecule has 0 aliphatic carbocycles. The lowest BCUT2D eigenvalue weighted by molar-refractivity contribution is 0.0696. The molecule has 3 N–H and O–H groups in total. The number of carbonyl (C=O) groups is 2. The number of aromatic carboxylic acids is 1. The summed E-state index contributed by atoms with van der Waals surface area (Å²) < 4.78 is 0. The fourth-order valence-electron chi connectivity index (χ4n) is 1.48. The van der Waals surface area contributed by atoms with Crippen molar-refractivity contribution in [1.82, 2.24) is 5.32 Å². The minimum absolute atomic E-state index is 0.196. The lowest BCUT2D eigenvalue weighted by Gasteiger charge is -2.09. The molecule has 2 amide bonds. The number of anilines is 1. The Balaban J connectivity index is 2.65. The molecule has 0 heterocycles. The van der Waals surface area contributed by atoms with Gasteiger partial charge in [0.1, 0.15) is 0 Å². The molecule has 0 saturated carbocycles. The van der Waals surface area contributed by atoms with E-state index in [2.05, 4.69) is 10.6 Å². The van der Waals surface area contributed by atoms with Crippen molar-refractivity contribution in [3.63, 3.8) is 0 Å². The molecule has 0 aliphatic heterocycles. The average molecular weight is 250 g/mol. The number of hydrogen-bond donors (Lipinski definition) is 3. The number of carboxylic acids is 1. The van der Waals surface area contributed by atoms with Crippen molar-refractivity contribution < 1.29 is 14.7 Å². The third-order valence-electron chi connectivity index (χ3n) is 2.54. The molecule has 0 fully saturated rings. The number of aryl methyl sites for hydroxylation is 1. The second kappa shape index (κ2) is 6.64. The summed E-state index contributed by atoms with van der Waals surface area (Å²) in [6, 6.07) is 4.49. The van der Waals surface area contributed by atoms with Crippen LogP contribution in [-0.4, -0.2) is 23.7 Å². The summed E-state index contributed by atoms with van der Waals surface area (Å²) in [4.78, 5) is 22.4. The molecule has 1 rings (SSSR count). The van der Waals surface area contributed by atoms with Crippen LogP contribution in [0, 0.1) is 6.92 Å². The standard InChI is InChI=1S/C13H18N2O3/c1-3-4-7-14-13(18)15-10-6-5-9(2)11(8-10)12(16)17/h5-6,8H,3-4,7H2,1-2H3,(H,16,17)(H2,14,15,18). The van der Waals surface area contributed by atoms with Crippen LogP contribution in [0.1, 0.15) is 35.7 Å². The zero-order valence-corrected chi connectivity index (χ0v) is 10.6. The number of nitrogens with one attached hydrogen (secondary N) is 2. The van der Waals surface area contributed by atoms with Gasteiger partial charge >= 0.3 is 12.0 Å². The van der Waals surface area contributed by atoms with Gasteiger partial charge in [-0.1, -0.05) is 19.4 Å². The molecule has 1 aromatic rings. The number of urea groups is 1. The molecule has 0 aromatic heterocycles. The molecular weight excluding hydrogens is 232 g/mol. The minimum atomic E-state index is -0.998. The highest BCUT2D eigenvalue weighted by molar-refractivity contribution is 5.94. The van der Waals surface area contributed by atoms with Crippen molar-refractivity contribution in [3.05, 3.63) is 29.3 Å². The summed E-state index contributed by atoms with van der Waals surface area (Å²) >= 11 is 0. The number of carboxylic acid groups (broad SMARTS) is 1. The van der Waals surface area contributed by atoms with E-state index in [1.54, 1.807) is 19.1 Å². The Morgan fingerprint density at radius 2 is 2.06 bits per heavy atom. The molecule has 0 radical (unpaired) electrons. The maximum absolute atomic E-state index is 11.5. The minimum Gasteiger partial charge on any atom is -0.478 e. The van der Waals surface area contributed by atoms with Gasteiger partial charge in [-0.3, -0.25) is 0 Å². The first-order valence-electron chi connectivity index (χ1n) is 5.93. The van der Waals surface area contributed by atoms with Gasteiger partial charge in [0.25, 0.3) is 0 Å². The number of benzene rings is 1. The first-order chi connectivity index (χ1) is 8.54. The Labute approximate surface area is 106 Å². The van der Waals surface area contributed by atoms with Crippen LogP contribution >= 0.6 is 0 Å². The fourth-order valence-corrected chi connectivity index (χ4v) is 1.48. The van der Waals surface area contributed by atoms with Crippen LogP contribution < -0.4 is 10.6 Å². The molecule has 98 valence electrons. The zero-order chi connectivity index (χ0) is 13.5. The van der Waals surface area contributed by atoms with Crippen LogP contribution in [0.15, 0.2) is 18.2 Å². The molecule has 0 spiro atoms. The molecule has 1 aromatic carbocycles. The van der Waals surface area contributed by atoms with Crippen LogP contribution in [-0.2, 0) is 0 Å². The Morgan fingerprint density at radius 1 is 1.33 bits per heavy atom. The summed E-state index contributed by atoms with van der Waals surface area (Å²) in [5.74, 6) is -0.998. The highest BCUT2D eigenvalue weighted by Gasteiger charge is 2.09. The van der Waals surface area contributed by atoms with E-state index in [1.165, 1.54) is 6.07 Å². The van der Waals surface area contributed by atoms with Crippen molar-refractivity contribution in [1.29, 1.82) is 0 Å². The van der Waals surface area contributed by atoms with E-state index in [-0.39, 0.29) is 11.6 Å². The van der Waals surface area contributed by atoms with E-state index < -0.39 is 5.97 Å². The van der Waals surface area contributed by atoms with E-state index in [0.717, 1.165) is 12.8 Å². The van der Waals surface area contributed by atoms with Gasteiger partial charge in [-0.2, -0.15) is 0 Å². The van der Waals surface area contributed by atoms with Crippen molar-refractivity contribution in [2.24, 2.45) is 0 Å². The largest absolute Gasteiger partial charge is 0.478 e. The predicted octanol–water partition coefficient (Wildman–Crippen LogP) is 2.61. The highest BCUT2D eigenvalue weighted by atomic mass is 16.4. The normalized spacial score (nSPS) is 9.89. The van der Waals surface area contributed by atoms with Gasteiger partial charge in [0, 0.05) is 12.2 Å². The molecule has 5 heteroatoms. The highest BCUT2D eigenvalue weighted by Crippen LogP contribution is 2.15. The molecule has 0 aliphatic rings. The van der Waals surface area contributed by atoms with Crippen molar-refractivity contribution in [2.75, 3.05) is 11.9 Å². The van der Waals surface area contributed by atoms with Gasteiger partial charge in [-0.05, 0) is 31.0 Å². The first-order valence-corrected chi connectivity index (χ1v) is 5.93. The third kappa shape index (κ3) is 4.08. The molecule has 5 nitrogen and oxygen atoms in total. The van der Waals surface area contributed by atoms with Crippen molar-refractivity contribution >= 4 is 17.7 Å². The van der Waals surface area contributed by atoms with E-state index in [4.69, 9.17) is 5.11 Å². The zero-order valence-electron chi connectivity index (χ0n) is 10.6. The van der Waals surface area contributed by atoms with Crippen LogP contribution in [0.5, 0.6) is 0 Å². The summed E-state index contributed by atoms with van der Waals surface area (Å²) in [5, 5.41) is 14.3. The topological polar surface area (TPSA) is 78.4 Å². The second-order valence-electron chi connectivity index (χ2n) is 4.07. The number of amides is 2. The smallest absolute Gasteiger partial charge is 0.336 e. The third-order valence-corrected chi connectivity index (χ3v) is 2.54. The second-order valence-corrected chi connectivity index (χ2v) is 4.07. The van der Waals surface area contributed by atoms with Crippen LogP contribution in [0.25, 0.3) is 0 Å². The van der Waals surface area contributed by atoms with Crippen molar-refractivity contribution in [3.8, 4) is 0 Å². The number of carbonyl (C=O) groups excluding carboxylic acids is 1. The molecule has 0 saturated heterocycles. The van der Waals surface area contributed by atoms with Crippen LogP contribution in [0.3, 0.4) is 0 Å². The SMILES string of the molecule is CCCCNC(=O)Nc1ccc(C)c(C(=O)O)c1. The van der Waals surface area contributed by atoms with Gasteiger partial charge in [-0.15, -0.1) is 0 Å². The van der Waals surface area contributed by atoms with Crippen LogP contribution in [0.4, 0.5) is 10.5 Å². The maximum atomic E-state index is 11.5. The molecule has 0 bridgehead atoms. The predicted molar refractivity (Wildman–Crippen MR) is 70.1 cm³/mol. The molecule has 18 heavy (non-hydrogen) atoms. The maximum Gasteiger partial charge on any atom is 0.336 e. The lowest BCUT2D eigenvalue weighted by Crippen LogP contribution is -2.29. The lowest BCUT2D eigenvalue weighted by atomic mass is 10.1. The van der Waals surface area contributed by atoms with Gasteiger partial charge in [0.15, 0.2) is 0 Å². The number of unbranched alkanes of at least 4 members (excludes halogenated alkanes) is 1. The Kier molecular flexibility index (Phi) is 5.17. The Hall–Kier alpha value is -2.04. The number of hydrogen-bond acceptors (Lipinski definition) is 2. The van der Waals surface area contributed by atoms with Gasteiger partial charge in [0.05, 0.1) is 5.56 Å². The first kappa shape index (κ1) is 14.0. The summed E-state index contributed by atoms with van der Waals surface area (Å²) in [6.45, 7) is 4.37. The quantitative estimate of drug-likeness (QED) is 0.703. The summed E-state index contributed by atoms with van der Waals surface area (Å²) in [5.41, 5.74) is 1.34. The summed E-state index contributed by atoms with van der Waals surface area (Å²) in [7, 11) is 0. The Morgan fingerprint density at radius 3 is 2.67 bits per heavy atom. The van der Waals surface area contributed by atoms with E-state index in [1.807, 2.05) is 6.92 Å². The monoisotopic (exact) mass is 250 g/mol. The fraction of sp³-hybridized carbons (Fsp3) is 0.385. The number of rotatable bonds is 5. The van der Waals surface area contributed by atoms with Crippen molar-refractivity contribution in [2.45, 2.75) is 26.7 Å². The van der Waals surface area contributed by atoms with E-state index >= 15 is 0 Å². The van der Waals surface area contributed by atoms with E-state index in [0.29, 0.717) is 17.8 Å². The Bertz CT molecular complexity index is 444.